The Kier molecular flexibility index (Phi) is 4.81. The van der Waals surface area contributed by atoms with Crippen molar-refractivity contribution in [3.63, 3.8) is 0 Å². The number of aromatic nitrogens is 2. The number of halogens is 1. The van der Waals surface area contributed by atoms with Gasteiger partial charge >= 0.3 is 0 Å². The van der Waals surface area contributed by atoms with E-state index in [1.165, 1.54) is 6.07 Å². The Morgan fingerprint density at radius 1 is 1.29 bits per heavy atom. The van der Waals surface area contributed by atoms with Crippen molar-refractivity contribution in [2.24, 2.45) is 0 Å². The highest BCUT2D eigenvalue weighted by molar-refractivity contribution is 5.95. The molecule has 1 unspecified atom stereocenters. The molecule has 4 rings (SSSR count). The third kappa shape index (κ3) is 3.47. The van der Waals surface area contributed by atoms with Gasteiger partial charge in [-0.3, -0.25) is 14.7 Å². The Balaban J connectivity index is 1.53. The fraction of sp³-hybridized carbons (Fsp3) is 0.286. The van der Waals surface area contributed by atoms with Crippen LogP contribution in [0.5, 0.6) is 0 Å². The number of H-pyrrole nitrogens is 1. The summed E-state index contributed by atoms with van der Waals surface area (Å²) in [5.74, 6) is -0.784. The van der Waals surface area contributed by atoms with Gasteiger partial charge in [-0.25, -0.2) is 4.39 Å². The number of aromatic amines is 1. The Morgan fingerprint density at radius 3 is 2.96 bits per heavy atom. The molecular weight excluding hydrogens is 359 g/mol. The third-order valence-corrected chi connectivity index (χ3v) is 5.09. The molecule has 6 nitrogen and oxygen atoms in total. The van der Waals surface area contributed by atoms with E-state index in [0.717, 1.165) is 24.9 Å². The molecule has 1 amide bonds. The van der Waals surface area contributed by atoms with Crippen molar-refractivity contribution in [1.29, 1.82) is 0 Å². The molecule has 2 heterocycles. The van der Waals surface area contributed by atoms with Crippen LogP contribution in [-0.4, -0.2) is 35.2 Å². The molecule has 0 bridgehead atoms. The lowest BCUT2D eigenvalue weighted by Crippen LogP contribution is -2.49. The summed E-state index contributed by atoms with van der Waals surface area (Å²) >= 11 is 0. The van der Waals surface area contributed by atoms with E-state index in [0.29, 0.717) is 23.1 Å². The number of rotatable bonds is 3. The molecule has 144 valence electrons. The minimum absolute atomic E-state index is 0.155. The topological polar surface area (TPSA) is 78.1 Å². The van der Waals surface area contributed by atoms with Gasteiger partial charge in [0.1, 0.15) is 5.82 Å². The van der Waals surface area contributed by atoms with E-state index >= 15 is 0 Å². The largest absolute Gasteiger partial charge is 0.367 e. The first kappa shape index (κ1) is 18.2. The Hall–Kier alpha value is -3.22. The summed E-state index contributed by atoms with van der Waals surface area (Å²) in [6.45, 7) is 3.13. The maximum Gasteiger partial charge on any atom is 0.276 e. The maximum atomic E-state index is 14.2. The summed E-state index contributed by atoms with van der Waals surface area (Å²) in [5, 5.41) is 10.0. The van der Waals surface area contributed by atoms with Gasteiger partial charge in [0, 0.05) is 24.5 Å². The van der Waals surface area contributed by atoms with Crippen LogP contribution in [0.25, 0.3) is 10.9 Å². The average molecular weight is 380 g/mol. The molecule has 1 aliphatic heterocycles. The fourth-order valence-corrected chi connectivity index (χ4v) is 3.66. The highest BCUT2D eigenvalue weighted by atomic mass is 19.1. The molecule has 0 spiro atoms. The number of nitrogens with zero attached hydrogens (tertiary/aromatic N) is 2. The minimum atomic E-state index is -0.511. The molecule has 0 radical (unpaired) electrons. The van der Waals surface area contributed by atoms with Crippen LogP contribution in [0.1, 0.15) is 28.9 Å². The molecule has 2 N–H and O–H groups in total. The molecule has 7 heteroatoms. The van der Waals surface area contributed by atoms with Gasteiger partial charge in [-0.2, -0.15) is 5.10 Å². The number of hydrogen-bond donors (Lipinski definition) is 2. The zero-order valence-corrected chi connectivity index (χ0v) is 15.5. The van der Waals surface area contributed by atoms with Crippen molar-refractivity contribution in [2.45, 2.75) is 25.8 Å². The molecule has 1 saturated heterocycles. The molecule has 1 aromatic heterocycles. The van der Waals surface area contributed by atoms with Crippen LogP contribution in [0.15, 0.2) is 47.3 Å². The van der Waals surface area contributed by atoms with Crippen molar-refractivity contribution in [2.75, 3.05) is 18.0 Å². The zero-order chi connectivity index (χ0) is 19.7. The van der Waals surface area contributed by atoms with Crippen molar-refractivity contribution in [3.05, 3.63) is 69.8 Å². The standard InChI is InChI=1S/C21H21FN4O2/c1-13-8-9-16(22)18(11-13)26-10-4-5-14(12-26)23-21(28)19-20(27)15-6-2-3-7-17(15)24-25-19/h2-3,6-9,11,14H,4-5,10,12H2,1H3,(H,23,28)(H,24,27). The first-order chi connectivity index (χ1) is 13.5. The van der Waals surface area contributed by atoms with E-state index in [-0.39, 0.29) is 17.6 Å². The van der Waals surface area contributed by atoms with Crippen molar-refractivity contribution >= 4 is 22.5 Å². The van der Waals surface area contributed by atoms with Crippen LogP contribution in [0.4, 0.5) is 10.1 Å². The maximum absolute atomic E-state index is 14.2. The number of fused-ring (bicyclic) bond motifs is 1. The first-order valence-electron chi connectivity index (χ1n) is 9.32. The van der Waals surface area contributed by atoms with E-state index in [9.17, 15) is 14.0 Å². The Labute approximate surface area is 161 Å². The second kappa shape index (κ2) is 7.42. The van der Waals surface area contributed by atoms with Gasteiger partial charge in [-0.1, -0.05) is 18.2 Å². The summed E-state index contributed by atoms with van der Waals surface area (Å²) in [4.78, 5) is 27.2. The molecule has 0 aliphatic carbocycles. The van der Waals surface area contributed by atoms with Gasteiger partial charge in [0.15, 0.2) is 5.69 Å². The monoisotopic (exact) mass is 380 g/mol. The molecule has 0 saturated carbocycles. The van der Waals surface area contributed by atoms with Crippen LogP contribution in [-0.2, 0) is 0 Å². The van der Waals surface area contributed by atoms with Crippen LogP contribution in [0.2, 0.25) is 0 Å². The summed E-state index contributed by atoms with van der Waals surface area (Å²) in [7, 11) is 0. The number of nitrogens with one attached hydrogen (secondary N) is 2. The predicted molar refractivity (Wildman–Crippen MR) is 106 cm³/mol. The summed E-state index contributed by atoms with van der Waals surface area (Å²) in [5.41, 5.74) is 1.56. The van der Waals surface area contributed by atoms with E-state index in [2.05, 4.69) is 15.5 Å². The number of carbonyl (C=O) groups is 1. The minimum Gasteiger partial charge on any atom is -0.367 e. The van der Waals surface area contributed by atoms with E-state index < -0.39 is 11.3 Å². The Bertz CT molecular complexity index is 1100. The van der Waals surface area contributed by atoms with E-state index in [4.69, 9.17) is 0 Å². The van der Waals surface area contributed by atoms with Crippen molar-refractivity contribution in [1.82, 2.24) is 15.5 Å². The Morgan fingerprint density at radius 2 is 2.11 bits per heavy atom. The first-order valence-corrected chi connectivity index (χ1v) is 9.32. The lowest BCUT2D eigenvalue weighted by Gasteiger charge is -2.35. The van der Waals surface area contributed by atoms with Crippen LogP contribution < -0.4 is 15.6 Å². The fourth-order valence-electron chi connectivity index (χ4n) is 3.66. The number of piperidine rings is 1. The number of hydrogen-bond acceptors (Lipinski definition) is 4. The predicted octanol–water partition coefficient (Wildman–Crippen LogP) is 2.77. The second-order valence-electron chi connectivity index (χ2n) is 7.16. The molecule has 28 heavy (non-hydrogen) atoms. The number of para-hydroxylation sites is 1. The van der Waals surface area contributed by atoms with Crippen molar-refractivity contribution < 1.29 is 9.18 Å². The van der Waals surface area contributed by atoms with Crippen LogP contribution in [0, 0.1) is 12.7 Å². The van der Waals surface area contributed by atoms with Crippen molar-refractivity contribution in [3.8, 4) is 0 Å². The number of benzene rings is 2. The lowest BCUT2D eigenvalue weighted by molar-refractivity contribution is 0.0926. The number of aryl methyl sites for hydroxylation is 1. The smallest absolute Gasteiger partial charge is 0.276 e. The number of anilines is 1. The molecule has 3 aromatic rings. The van der Waals surface area contributed by atoms with Gasteiger partial charge in [0.05, 0.1) is 11.2 Å². The van der Waals surface area contributed by atoms with Gasteiger partial charge in [0.25, 0.3) is 5.91 Å². The second-order valence-corrected chi connectivity index (χ2v) is 7.16. The molecule has 2 aromatic carbocycles. The van der Waals surface area contributed by atoms with Crippen LogP contribution in [0.3, 0.4) is 0 Å². The summed E-state index contributed by atoms with van der Waals surface area (Å²) in [6.07, 6.45) is 1.58. The highest BCUT2D eigenvalue weighted by Gasteiger charge is 2.25. The van der Waals surface area contributed by atoms with Gasteiger partial charge in [0.2, 0.25) is 5.43 Å². The van der Waals surface area contributed by atoms with Gasteiger partial charge in [-0.15, -0.1) is 0 Å². The van der Waals surface area contributed by atoms with Crippen LogP contribution >= 0.6 is 0 Å². The normalized spacial score (nSPS) is 16.9. The van der Waals surface area contributed by atoms with Gasteiger partial charge in [-0.05, 0) is 49.6 Å². The third-order valence-electron chi connectivity index (χ3n) is 5.09. The zero-order valence-electron chi connectivity index (χ0n) is 15.5. The molecule has 1 atom stereocenters. The average Bonchev–Trinajstić information content (AvgIpc) is 2.70. The SMILES string of the molecule is Cc1ccc(F)c(N2CCCC(NC(=O)c3n[nH]c4ccccc4c3=O)C2)c1. The molecule has 1 fully saturated rings. The lowest BCUT2D eigenvalue weighted by atomic mass is 10.0. The van der Waals surface area contributed by atoms with Gasteiger partial charge < -0.3 is 10.2 Å². The highest BCUT2D eigenvalue weighted by Crippen LogP contribution is 2.24. The summed E-state index contributed by atoms with van der Waals surface area (Å²) < 4.78 is 14.2. The number of amides is 1. The molecule has 1 aliphatic rings. The quantitative estimate of drug-likeness (QED) is 0.732. The molecular formula is C21H21FN4O2. The summed E-state index contributed by atoms with van der Waals surface area (Å²) in [6, 6.07) is 11.8. The van der Waals surface area contributed by atoms with E-state index in [1.54, 1.807) is 30.3 Å². The number of carbonyl (C=O) groups excluding carboxylic acids is 1. The van der Waals surface area contributed by atoms with E-state index in [1.807, 2.05) is 17.9 Å².